The van der Waals surface area contributed by atoms with Gasteiger partial charge in [0.1, 0.15) is 6.04 Å². The van der Waals surface area contributed by atoms with Gasteiger partial charge in [-0.25, -0.2) is 4.79 Å². The molecule has 0 saturated carbocycles. The molecule has 0 saturated heterocycles. The second kappa shape index (κ2) is 9.58. The third-order valence-electron chi connectivity index (χ3n) is 2.86. The molecule has 23 heavy (non-hydrogen) atoms. The third-order valence-corrected chi connectivity index (χ3v) is 3.73. The minimum atomic E-state index is -0.837. The molecule has 0 aliphatic carbocycles. The molecule has 1 heterocycles. The maximum Gasteiger partial charge on any atom is 0.329 e. The standard InChI is InChI=1S/C15H19N3O4S/c1-10(2)13(18-14(20)11-5-3-8-23-11)15(21)22-9-12(19)17-7-4-6-16/h3,5,8,10,13H,4,7,9H2,1-2H3,(H,17,19)(H,18,20)/t13-/m1/s1. The summed E-state index contributed by atoms with van der Waals surface area (Å²) in [4.78, 5) is 36.0. The van der Waals surface area contributed by atoms with Gasteiger partial charge in [0.2, 0.25) is 0 Å². The Hall–Kier alpha value is -2.40. The lowest BCUT2D eigenvalue weighted by Gasteiger charge is -2.20. The van der Waals surface area contributed by atoms with E-state index in [1.54, 1.807) is 31.4 Å². The summed E-state index contributed by atoms with van der Waals surface area (Å²) in [5.74, 6) is -1.69. The molecule has 7 nitrogen and oxygen atoms in total. The lowest BCUT2D eigenvalue weighted by Crippen LogP contribution is -2.46. The van der Waals surface area contributed by atoms with Crippen LogP contribution in [0, 0.1) is 17.2 Å². The van der Waals surface area contributed by atoms with Gasteiger partial charge in [-0.1, -0.05) is 19.9 Å². The first-order valence-corrected chi connectivity index (χ1v) is 7.98. The van der Waals surface area contributed by atoms with Crippen LogP contribution < -0.4 is 10.6 Å². The Kier molecular flexibility index (Phi) is 7.77. The number of nitrogens with zero attached hydrogens (tertiary/aromatic N) is 1. The highest BCUT2D eigenvalue weighted by Crippen LogP contribution is 2.11. The maximum atomic E-state index is 12.1. The van der Waals surface area contributed by atoms with E-state index in [1.807, 2.05) is 6.07 Å². The molecule has 2 N–H and O–H groups in total. The summed E-state index contributed by atoms with van der Waals surface area (Å²) in [5, 5.41) is 15.2. The second-order valence-electron chi connectivity index (χ2n) is 5.04. The number of hydrogen-bond donors (Lipinski definition) is 2. The summed E-state index contributed by atoms with van der Waals surface area (Å²) < 4.78 is 4.93. The van der Waals surface area contributed by atoms with Crippen molar-refractivity contribution in [1.29, 1.82) is 5.26 Å². The largest absolute Gasteiger partial charge is 0.454 e. The third kappa shape index (κ3) is 6.48. The number of nitriles is 1. The fourth-order valence-electron chi connectivity index (χ4n) is 1.65. The van der Waals surface area contributed by atoms with Gasteiger partial charge in [-0.05, 0) is 17.4 Å². The number of hydrogen-bond acceptors (Lipinski definition) is 6. The van der Waals surface area contributed by atoms with Crippen molar-refractivity contribution >= 4 is 29.1 Å². The number of amides is 2. The Labute approximate surface area is 138 Å². The molecule has 0 aliphatic heterocycles. The molecule has 1 aromatic rings. The molecule has 124 valence electrons. The van der Waals surface area contributed by atoms with Crippen molar-refractivity contribution in [2.45, 2.75) is 26.3 Å². The van der Waals surface area contributed by atoms with Crippen LogP contribution in [0.2, 0.25) is 0 Å². The summed E-state index contributed by atoms with van der Waals surface area (Å²) in [7, 11) is 0. The van der Waals surface area contributed by atoms with E-state index < -0.39 is 24.5 Å². The molecule has 0 aliphatic rings. The van der Waals surface area contributed by atoms with Crippen LogP contribution in [0.1, 0.15) is 29.9 Å². The summed E-state index contributed by atoms with van der Waals surface area (Å²) in [6.07, 6.45) is 0.186. The zero-order valence-electron chi connectivity index (χ0n) is 13.0. The van der Waals surface area contributed by atoms with Gasteiger partial charge in [0.25, 0.3) is 11.8 Å². The zero-order valence-corrected chi connectivity index (χ0v) is 13.8. The lowest BCUT2D eigenvalue weighted by molar-refractivity contribution is -0.151. The van der Waals surface area contributed by atoms with Crippen LogP contribution in [-0.2, 0) is 14.3 Å². The zero-order chi connectivity index (χ0) is 17.2. The monoisotopic (exact) mass is 337 g/mol. The van der Waals surface area contributed by atoms with Gasteiger partial charge in [-0.15, -0.1) is 11.3 Å². The average Bonchev–Trinajstić information content (AvgIpc) is 3.04. The van der Waals surface area contributed by atoms with E-state index in [0.29, 0.717) is 4.88 Å². The predicted molar refractivity (Wildman–Crippen MR) is 84.6 cm³/mol. The van der Waals surface area contributed by atoms with Crippen molar-refractivity contribution in [2.75, 3.05) is 13.2 Å². The lowest BCUT2D eigenvalue weighted by atomic mass is 10.0. The van der Waals surface area contributed by atoms with Gasteiger partial charge in [0.15, 0.2) is 6.61 Å². The summed E-state index contributed by atoms with van der Waals surface area (Å²) in [5.41, 5.74) is 0. The summed E-state index contributed by atoms with van der Waals surface area (Å²) >= 11 is 1.27. The summed E-state index contributed by atoms with van der Waals surface area (Å²) in [6, 6.07) is 4.45. The van der Waals surface area contributed by atoms with Crippen molar-refractivity contribution in [3.8, 4) is 6.07 Å². The van der Waals surface area contributed by atoms with E-state index in [4.69, 9.17) is 10.00 Å². The molecule has 0 unspecified atom stereocenters. The van der Waals surface area contributed by atoms with Gasteiger partial charge in [-0.3, -0.25) is 9.59 Å². The fourth-order valence-corrected chi connectivity index (χ4v) is 2.28. The Bertz CT molecular complexity index is 578. The second-order valence-corrected chi connectivity index (χ2v) is 5.99. The first-order valence-electron chi connectivity index (χ1n) is 7.10. The molecule has 1 rings (SSSR count). The minimum Gasteiger partial charge on any atom is -0.454 e. The average molecular weight is 337 g/mol. The molecule has 2 amide bonds. The van der Waals surface area contributed by atoms with Crippen LogP contribution in [0.3, 0.4) is 0 Å². The smallest absolute Gasteiger partial charge is 0.329 e. The van der Waals surface area contributed by atoms with E-state index in [1.165, 1.54) is 11.3 Å². The molecule has 0 radical (unpaired) electrons. The molecule has 8 heteroatoms. The molecular weight excluding hydrogens is 318 g/mol. The maximum absolute atomic E-state index is 12.1. The molecule has 1 atom stereocenters. The Morgan fingerprint density at radius 2 is 2.13 bits per heavy atom. The number of nitrogens with one attached hydrogen (secondary N) is 2. The van der Waals surface area contributed by atoms with Crippen LogP contribution in [0.15, 0.2) is 17.5 Å². The quantitative estimate of drug-likeness (QED) is 0.545. The highest BCUT2D eigenvalue weighted by atomic mass is 32.1. The Morgan fingerprint density at radius 3 is 2.70 bits per heavy atom. The number of thiophene rings is 1. The Balaban J connectivity index is 2.50. The van der Waals surface area contributed by atoms with Crippen LogP contribution in [0.5, 0.6) is 0 Å². The van der Waals surface area contributed by atoms with E-state index in [-0.39, 0.29) is 24.8 Å². The van der Waals surface area contributed by atoms with E-state index in [9.17, 15) is 14.4 Å². The molecule has 0 spiro atoms. The topological polar surface area (TPSA) is 108 Å². The van der Waals surface area contributed by atoms with Crippen molar-refractivity contribution in [2.24, 2.45) is 5.92 Å². The SMILES string of the molecule is CC(C)[C@@H](NC(=O)c1cccs1)C(=O)OCC(=O)NCCC#N. The minimum absolute atomic E-state index is 0.186. The van der Waals surface area contributed by atoms with Gasteiger partial charge >= 0.3 is 5.97 Å². The van der Waals surface area contributed by atoms with Crippen LogP contribution in [-0.4, -0.2) is 37.0 Å². The number of ether oxygens (including phenoxy) is 1. The molecule has 1 aromatic heterocycles. The van der Waals surface area contributed by atoms with Crippen LogP contribution in [0.25, 0.3) is 0 Å². The van der Waals surface area contributed by atoms with Gasteiger partial charge < -0.3 is 15.4 Å². The number of carbonyl (C=O) groups is 3. The Morgan fingerprint density at radius 1 is 1.39 bits per heavy atom. The fraction of sp³-hybridized carbons (Fsp3) is 0.467. The van der Waals surface area contributed by atoms with Crippen LogP contribution >= 0.6 is 11.3 Å². The van der Waals surface area contributed by atoms with Gasteiger partial charge in [0.05, 0.1) is 17.4 Å². The molecule has 0 aromatic carbocycles. The number of carbonyl (C=O) groups excluding carboxylic acids is 3. The van der Waals surface area contributed by atoms with Crippen molar-refractivity contribution in [1.82, 2.24) is 10.6 Å². The highest BCUT2D eigenvalue weighted by molar-refractivity contribution is 7.12. The van der Waals surface area contributed by atoms with Crippen molar-refractivity contribution < 1.29 is 19.1 Å². The van der Waals surface area contributed by atoms with Crippen molar-refractivity contribution in [3.63, 3.8) is 0 Å². The predicted octanol–water partition coefficient (Wildman–Crippen LogP) is 1.08. The van der Waals surface area contributed by atoms with Crippen molar-refractivity contribution in [3.05, 3.63) is 22.4 Å². The summed E-state index contributed by atoms with van der Waals surface area (Å²) in [6.45, 7) is 3.30. The normalized spacial score (nSPS) is 11.4. The first kappa shape index (κ1) is 18.6. The number of rotatable bonds is 8. The van der Waals surface area contributed by atoms with E-state index >= 15 is 0 Å². The van der Waals surface area contributed by atoms with Crippen LogP contribution in [0.4, 0.5) is 0 Å². The van der Waals surface area contributed by atoms with E-state index in [2.05, 4.69) is 10.6 Å². The molecular formula is C15H19N3O4S. The van der Waals surface area contributed by atoms with Gasteiger partial charge in [0, 0.05) is 6.54 Å². The highest BCUT2D eigenvalue weighted by Gasteiger charge is 2.26. The first-order chi connectivity index (χ1) is 11.0. The van der Waals surface area contributed by atoms with Gasteiger partial charge in [-0.2, -0.15) is 5.26 Å². The molecule has 0 bridgehead atoms. The number of esters is 1. The van der Waals surface area contributed by atoms with E-state index in [0.717, 1.165) is 0 Å². The molecule has 0 fully saturated rings.